The number of phenols is 1. The molecule has 0 atom stereocenters. The van der Waals surface area contributed by atoms with E-state index in [-0.39, 0.29) is 11.7 Å². The first kappa shape index (κ1) is 14.8. The molecule has 1 aromatic carbocycles. The summed E-state index contributed by atoms with van der Waals surface area (Å²) in [6, 6.07) is 9.86. The lowest BCUT2D eigenvalue weighted by Crippen LogP contribution is -2.22. The van der Waals surface area contributed by atoms with E-state index in [1.807, 2.05) is 13.0 Å². The molecule has 0 bridgehead atoms. The maximum atomic E-state index is 12.0. The monoisotopic (exact) mass is 286 g/mol. The average Bonchev–Trinajstić information content (AvgIpc) is 2.51. The second-order valence-electron chi connectivity index (χ2n) is 4.58. The van der Waals surface area contributed by atoms with Crippen LogP contribution in [0, 0.1) is 0 Å². The highest BCUT2D eigenvalue weighted by Crippen LogP contribution is 2.12. The summed E-state index contributed by atoms with van der Waals surface area (Å²) in [6.45, 7) is 3.02. The fraction of sp³-hybridized carbons (Fsp3) is 0.250. The Bertz CT molecular complexity index is 614. The molecule has 21 heavy (non-hydrogen) atoms. The molecule has 0 aliphatic carbocycles. The Morgan fingerprint density at radius 2 is 2.19 bits per heavy atom. The number of carbonyl (C=O) groups is 1. The number of ether oxygens (including phenoxy) is 1. The van der Waals surface area contributed by atoms with Crippen molar-refractivity contribution in [3.63, 3.8) is 0 Å². The average molecular weight is 286 g/mol. The summed E-state index contributed by atoms with van der Waals surface area (Å²) in [6.07, 6.45) is 2.57. The van der Waals surface area contributed by atoms with Gasteiger partial charge in [0.15, 0.2) is 0 Å². The van der Waals surface area contributed by atoms with E-state index in [4.69, 9.17) is 4.74 Å². The van der Waals surface area contributed by atoms with Crippen LogP contribution < -0.4 is 10.1 Å². The van der Waals surface area contributed by atoms with Crippen molar-refractivity contribution in [2.24, 2.45) is 0 Å². The van der Waals surface area contributed by atoms with Gasteiger partial charge in [0.25, 0.3) is 5.91 Å². The van der Waals surface area contributed by atoms with Gasteiger partial charge in [-0.2, -0.15) is 0 Å². The van der Waals surface area contributed by atoms with E-state index in [0.29, 0.717) is 24.6 Å². The van der Waals surface area contributed by atoms with Gasteiger partial charge < -0.3 is 15.2 Å². The van der Waals surface area contributed by atoms with E-state index in [1.165, 1.54) is 12.1 Å². The highest BCUT2D eigenvalue weighted by molar-refractivity contribution is 5.94. The first-order valence-corrected chi connectivity index (χ1v) is 6.84. The van der Waals surface area contributed by atoms with E-state index >= 15 is 0 Å². The molecule has 1 amide bonds. The Labute approximate surface area is 123 Å². The number of aromatic nitrogens is 1. The summed E-state index contributed by atoms with van der Waals surface area (Å²) in [4.78, 5) is 16.1. The van der Waals surface area contributed by atoms with Crippen LogP contribution in [-0.4, -0.2) is 22.6 Å². The fourth-order valence-corrected chi connectivity index (χ4v) is 1.78. The molecule has 0 aliphatic heterocycles. The summed E-state index contributed by atoms with van der Waals surface area (Å²) >= 11 is 0. The molecular formula is C16H18N2O3. The second-order valence-corrected chi connectivity index (χ2v) is 4.58. The van der Waals surface area contributed by atoms with Crippen LogP contribution >= 0.6 is 0 Å². The van der Waals surface area contributed by atoms with Gasteiger partial charge in [-0.05, 0) is 36.2 Å². The molecule has 2 aromatic rings. The minimum atomic E-state index is -0.237. The zero-order valence-electron chi connectivity index (χ0n) is 11.9. The Kier molecular flexibility index (Phi) is 5.15. The zero-order valence-corrected chi connectivity index (χ0v) is 11.9. The normalized spacial score (nSPS) is 10.1. The molecule has 0 fully saturated rings. The predicted molar refractivity (Wildman–Crippen MR) is 79.3 cm³/mol. The number of hydrogen-bond donors (Lipinski definition) is 2. The van der Waals surface area contributed by atoms with E-state index in [9.17, 15) is 9.90 Å². The van der Waals surface area contributed by atoms with Crippen molar-refractivity contribution in [2.45, 2.75) is 19.9 Å². The smallest absolute Gasteiger partial charge is 0.251 e. The number of pyridine rings is 1. The van der Waals surface area contributed by atoms with Crippen LogP contribution in [0.5, 0.6) is 11.6 Å². The highest BCUT2D eigenvalue weighted by Gasteiger charge is 2.06. The Morgan fingerprint density at radius 3 is 2.95 bits per heavy atom. The molecule has 5 nitrogen and oxygen atoms in total. The quantitative estimate of drug-likeness (QED) is 0.856. The van der Waals surface area contributed by atoms with Gasteiger partial charge in [0.2, 0.25) is 5.88 Å². The highest BCUT2D eigenvalue weighted by atomic mass is 16.5. The molecule has 2 N–H and O–H groups in total. The number of rotatable bonds is 6. The molecule has 110 valence electrons. The van der Waals surface area contributed by atoms with Crippen LogP contribution in [0.15, 0.2) is 42.6 Å². The third kappa shape index (κ3) is 4.49. The first-order valence-electron chi connectivity index (χ1n) is 6.84. The Balaban J connectivity index is 1.95. The molecule has 0 spiro atoms. The van der Waals surface area contributed by atoms with Gasteiger partial charge in [-0.3, -0.25) is 4.79 Å². The Morgan fingerprint density at radius 1 is 1.33 bits per heavy atom. The molecule has 0 saturated heterocycles. The summed E-state index contributed by atoms with van der Waals surface area (Å²) < 4.78 is 5.45. The summed E-state index contributed by atoms with van der Waals surface area (Å²) in [5, 5.41) is 12.2. The molecule has 5 heteroatoms. The SMILES string of the molecule is CCCOc1cc(CNC(=O)c2cccc(O)c2)ccn1. The number of nitrogens with one attached hydrogen (secondary N) is 1. The van der Waals surface area contributed by atoms with Gasteiger partial charge in [-0.15, -0.1) is 0 Å². The maximum absolute atomic E-state index is 12.0. The lowest BCUT2D eigenvalue weighted by Gasteiger charge is -2.08. The maximum Gasteiger partial charge on any atom is 0.251 e. The fourth-order valence-electron chi connectivity index (χ4n) is 1.78. The van der Waals surface area contributed by atoms with Gasteiger partial charge in [-0.1, -0.05) is 13.0 Å². The molecule has 0 unspecified atom stereocenters. The van der Waals surface area contributed by atoms with Gasteiger partial charge in [0.1, 0.15) is 5.75 Å². The third-order valence-electron chi connectivity index (χ3n) is 2.81. The lowest BCUT2D eigenvalue weighted by atomic mass is 10.2. The van der Waals surface area contributed by atoms with Crippen LogP contribution in [0.2, 0.25) is 0 Å². The molecule has 1 aromatic heterocycles. The van der Waals surface area contributed by atoms with Crippen molar-refractivity contribution < 1.29 is 14.6 Å². The summed E-state index contributed by atoms with van der Waals surface area (Å²) in [5.41, 5.74) is 1.33. The van der Waals surface area contributed by atoms with Crippen molar-refractivity contribution in [2.75, 3.05) is 6.61 Å². The minimum Gasteiger partial charge on any atom is -0.508 e. The van der Waals surface area contributed by atoms with Gasteiger partial charge in [0.05, 0.1) is 6.61 Å². The largest absolute Gasteiger partial charge is 0.508 e. The molecule has 0 aliphatic rings. The van der Waals surface area contributed by atoms with E-state index in [0.717, 1.165) is 12.0 Å². The number of carbonyl (C=O) groups excluding carboxylic acids is 1. The molecule has 0 radical (unpaired) electrons. The molecule has 1 heterocycles. The van der Waals surface area contributed by atoms with Crippen molar-refractivity contribution in [3.8, 4) is 11.6 Å². The number of benzene rings is 1. The van der Waals surface area contributed by atoms with E-state index in [1.54, 1.807) is 24.4 Å². The van der Waals surface area contributed by atoms with Gasteiger partial charge in [0, 0.05) is 24.4 Å². The van der Waals surface area contributed by atoms with Crippen LogP contribution in [0.1, 0.15) is 29.3 Å². The molecule has 0 saturated carbocycles. The van der Waals surface area contributed by atoms with Crippen LogP contribution in [0.25, 0.3) is 0 Å². The van der Waals surface area contributed by atoms with Gasteiger partial charge >= 0.3 is 0 Å². The topological polar surface area (TPSA) is 71.5 Å². The number of aromatic hydroxyl groups is 1. The minimum absolute atomic E-state index is 0.0711. The second kappa shape index (κ2) is 7.28. The number of phenolic OH excluding ortho intramolecular Hbond substituents is 1. The molecule has 2 rings (SSSR count). The Hall–Kier alpha value is -2.56. The van der Waals surface area contributed by atoms with Crippen LogP contribution in [0.4, 0.5) is 0 Å². The number of nitrogens with zero attached hydrogens (tertiary/aromatic N) is 1. The number of amides is 1. The first-order chi connectivity index (χ1) is 10.2. The third-order valence-corrected chi connectivity index (χ3v) is 2.81. The molecular weight excluding hydrogens is 268 g/mol. The van der Waals surface area contributed by atoms with Crippen LogP contribution in [0.3, 0.4) is 0 Å². The van der Waals surface area contributed by atoms with Crippen molar-refractivity contribution in [1.82, 2.24) is 10.3 Å². The summed E-state index contributed by atoms with van der Waals surface area (Å²) in [7, 11) is 0. The predicted octanol–water partition coefficient (Wildman–Crippen LogP) is 2.51. The lowest BCUT2D eigenvalue weighted by molar-refractivity contribution is 0.0950. The van der Waals surface area contributed by atoms with E-state index < -0.39 is 0 Å². The van der Waals surface area contributed by atoms with Gasteiger partial charge in [-0.25, -0.2) is 4.98 Å². The van der Waals surface area contributed by atoms with Crippen molar-refractivity contribution in [3.05, 3.63) is 53.7 Å². The van der Waals surface area contributed by atoms with Crippen LogP contribution in [-0.2, 0) is 6.54 Å². The number of hydrogen-bond acceptors (Lipinski definition) is 4. The van der Waals surface area contributed by atoms with Crippen molar-refractivity contribution in [1.29, 1.82) is 0 Å². The van der Waals surface area contributed by atoms with Crippen molar-refractivity contribution >= 4 is 5.91 Å². The zero-order chi connectivity index (χ0) is 15.1. The summed E-state index contributed by atoms with van der Waals surface area (Å²) in [5.74, 6) is 0.390. The van der Waals surface area contributed by atoms with E-state index in [2.05, 4.69) is 10.3 Å². The standard InChI is InChI=1S/C16H18N2O3/c1-2-8-21-15-9-12(6-7-17-15)11-18-16(20)13-4-3-5-14(19)10-13/h3-7,9-10,19H,2,8,11H2,1H3,(H,18,20).